The van der Waals surface area contributed by atoms with E-state index in [0.29, 0.717) is 6.54 Å². The molecule has 0 bridgehead atoms. The number of nitrogens with zero attached hydrogens (tertiary/aromatic N) is 4. The highest BCUT2D eigenvalue weighted by atomic mass is 32.1. The molecule has 0 saturated carbocycles. The van der Waals surface area contributed by atoms with Crippen LogP contribution in [0, 0.1) is 6.92 Å². The van der Waals surface area contributed by atoms with Gasteiger partial charge in [0.2, 0.25) is 0 Å². The predicted octanol–water partition coefficient (Wildman–Crippen LogP) is 3.90. The largest absolute Gasteiger partial charge is 0.442 e. The lowest BCUT2D eigenvalue weighted by Gasteiger charge is -2.19. The minimum absolute atomic E-state index is 0.150. The van der Waals surface area contributed by atoms with Gasteiger partial charge in [0, 0.05) is 35.7 Å². The van der Waals surface area contributed by atoms with Gasteiger partial charge in [0.25, 0.3) is 5.91 Å². The third kappa shape index (κ3) is 2.79. The molecule has 0 saturated heterocycles. The lowest BCUT2D eigenvalue weighted by atomic mass is 10.00. The molecule has 2 heterocycles. The van der Waals surface area contributed by atoms with Crippen LogP contribution in [0.1, 0.15) is 27.2 Å². The molecular weight excluding hydrogens is 341 g/mol. The first kappa shape index (κ1) is 16.6. The van der Waals surface area contributed by atoms with Crippen LogP contribution in [0.4, 0.5) is 13.2 Å². The van der Waals surface area contributed by atoms with E-state index in [-0.39, 0.29) is 17.0 Å². The van der Waals surface area contributed by atoms with Gasteiger partial charge in [0.05, 0.1) is 5.69 Å². The highest BCUT2D eigenvalue weighted by molar-refractivity contribution is 7.03. The van der Waals surface area contributed by atoms with Gasteiger partial charge in [-0.1, -0.05) is 12.1 Å². The Bertz CT molecular complexity index is 809. The molecule has 0 radical (unpaired) electrons. The quantitative estimate of drug-likeness (QED) is 0.836. The van der Waals surface area contributed by atoms with Gasteiger partial charge in [-0.15, -0.1) is 10.2 Å². The SMILES string of the molecule is Cc1nscc1CN(C)C(=O)c1cccc(C2(C(F)(F)F)N=N2)c1. The van der Waals surface area contributed by atoms with E-state index in [9.17, 15) is 18.0 Å². The molecule has 1 aromatic heterocycles. The first-order chi connectivity index (χ1) is 11.2. The van der Waals surface area contributed by atoms with Crippen molar-refractivity contribution in [2.75, 3.05) is 7.05 Å². The molecule has 0 spiro atoms. The molecule has 0 fully saturated rings. The predicted molar refractivity (Wildman–Crippen MR) is 81.7 cm³/mol. The number of hydrogen-bond acceptors (Lipinski definition) is 5. The second-order valence-electron chi connectivity index (χ2n) is 5.54. The Kier molecular flexibility index (Phi) is 3.90. The summed E-state index contributed by atoms with van der Waals surface area (Å²) in [6.45, 7) is 2.18. The van der Waals surface area contributed by atoms with Crippen LogP contribution in [0.15, 0.2) is 39.9 Å². The molecule has 0 atom stereocenters. The Morgan fingerprint density at radius 1 is 1.33 bits per heavy atom. The van der Waals surface area contributed by atoms with E-state index < -0.39 is 11.8 Å². The molecule has 0 N–H and O–H groups in total. The minimum atomic E-state index is -4.61. The summed E-state index contributed by atoms with van der Waals surface area (Å²) >= 11 is 1.29. The molecule has 126 valence electrons. The highest BCUT2D eigenvalue weighted by Gasteiger charge is 2.65. The summed E-state index contributed by atoms with van der Waals surface area (Å²) in [7, 11) is 1.59. The van der Waals surface area contributed by atoms with Crippen molar-refractivity contribution in [2.24, 2.45) is 10.2 Å². The number of halogens is 3. The monoisotopic (exact) mass is 354 g/mol. The van der Waals surface area contributed by atoms with Crippen molar-refractivity contribution < 1.29 is 18.0 Å². The topological polar surface area (TPSA) is 57.9 Å². The van der Waals surface area contributed by atoms with Crippen molar-refractivity contribution in [1.29, 1.82) is 0 Å². The molecule has 24 heavy (non-hydrogen) atoms. The molecule has 2 aromatic rings. The summed E-state index contributed by atoms with van der Waals surface area (Å²) in [5.41, 5.74) is -0.763. The Morgan fingerprint density at radius 3 is 2.58 bits per heavy atom. The van der Waals surface area contributed by atoms with Crippen molar-refractivity contribution in [2.45, 2.75) is 25.3 Å². The standard InChI is InChI=1S/C15H13F3N4OS/c1-9-11(8-24-19-9)7-22(2)13(23)10-4-3-5-12(6-10)14(20-21-14)15(16,17)18/h3-6,8H,7H2,1-2H3. The summed E-state index contributed by atoms with van der Waals surface area (Å²) in [6.07, 6.45) is -4.61. The van der Waals surface area contributed by atoms with Gasteiger partial charge in [0.1, 0.15) is 0 Å². The van der Waals surface area contributed by atoms with Crippen LogP contribution in [0.2, 0.25) is 0 Å². The van der Waals surface area contributed by atoms with Gasteiger partial charge in [0.15, 0.2) is 0 Å². The second-order valence-corrected chi connectivity index (χ2v) is 6.17. The third-order valence-corrected chi connectivity index (χ3v) is 4.58. The fourth-order valence-electron chi connectivity index (χ4n) is 2.32. The zero-order valence-electron chi connectivity index (χ0n) is 12.8. The summed E-state index contributed by atoms with van der Waals surface area (Å²) in [4.78, 5) is 13.9. The van der Waals surface area contributed by atoms with E-state index in [0.717, 1.165) is 11.3 Å². The van der Waals surface area contributed by atoms with Crippen LogP contribution in [0.3, 0.4) is 0 Å². The van der Waals surface area contributed by atoms with Gasteiger partial charge >= 0.3 is 11.8 Å². The lowest BCUT2D eigenvalue weighted by molar-refractivity contribution is -0.166. The Labute approximate surface area is 140 Å². The Hall–Kier alpha value is -2.29. The number of benzene rings is 1. The molecule has 0 unspecified atom stereocenters. The maximum absolute atomic E-state index is 13.1. The van der Waals surface area contributed by atoms with Crippen molar-refractivity contribution in [3.05, 3.63) is 52.0 Å². The lowest BCUT2D eigenvalue weighted by Crippen LogP contribution is -2.31. The highest BCUT2D eigenvalue weighted by Crippen LogP contribution is 2.52. The molecule has 1 amide bonds. The maximum atomic E-state index is 13.1. The van der Waals surface area contributed by atoms with Crippen LogP contribution in [-0.4, -0.2) is 28.4 Å². The van der Waals surface area contributed by atoms with Gasteiger partial charge in [-0.2, -0.15) is 17.5 Å². The Balaban J connectivity index is 1.81. The summed E-state index contributed by atoms with van der Waals surface area (Å²) in [5.74, 6) is -0.375. The number of carbonyl (C=O) groups excluding carboxylic acids is 1. The normalized spacial score (nSPS) is 15.4. The number of hydrogen-bond donors (Lipinski definition) is 0. The van der Waals surface area contributed by atoms with Crippen molar-refractivity contribution in [3.63, 3.8) is 0 Å². The Morgan fingerprint density at radius 2 is 2.04 bits per heavy atom. The van der Waals surface area contributed by atoms with E-state index in [1.54, 1.807) is 7.05 Å². The van der Waals surface area contributed by atoms with E-state index in [1.807, 2.05) is 12.3 Å². The fourth-order valence-corrected chi connectivity index (χ4v) is 3.02. The summed E-state index contributed by atoms with van der Waals surface area (Å²) < 4.78 is 43.4. The smallest absolute Gasteiger partial charge is 0.337 e. The first-order valence-corrected chi connectivity index (χ1v) is 7.85. The zero-order valence-corrected chi connectivity index (χ0v) is 13.6. The number of aryl methyl sites for hydroxylation is 1. The molecular formula is C15H13F3N4OS. The van der Waals surface area contributed by atoms with E-state index in [4.69, 9.17) is 0 Å². The number of aromatic nitrogens is 1. The van der Waals surface area contributed by atoms with Gasteiger partial charge < -0.3 is 4.90 Å². The molecule has 1 aliphatic rings. The summed E-state index contributed by atoms with van der Waals surface area (Å²) in [5, 5.41) is 8.17. The molecule has 3 rings (SSSR count). The first-order valence-electron chi connectivity index (χ1n) is 7.01. The number of alkyl halides is 3. The van der Waals surface area contributed by atoms with Gasteiger partial charge in [-0.05, 0) is 30.6 Å². The van der Waals surface area contributed by atoms with Crippen LogP contribution in [0.5, 0.6) is 0 Å². The second kappa shape index (κ2) is 5.66. The van der Waals surface area contributed by atoms with Gasteiger partial charge in [-0.3, -0.25) is 4.79 Å². The van der Waals surface area contributed by atoms with Crippen molar-refractivity contribution in [3.8, 4) is 0 Å². The average Bonchev–Trinajstić information content (AvgIpc) is 3.27. The number of carbonyl (C=O) groups is 1. The third-order valence-electron chi connectivity index (χ3n) is 3.81. The molecule has 1 aromatic carbocycles. The number of amides is 1. The van der Waals surface area contributed by atoms with Crippen LogP contribution in [0.25, 0.3) is 0 Å². The summed E-state index contributed by atoms with van der Waals surface area (Å²) in [6, 6.07) is 5.36. The zero-order chi connectivity index (χ0) is 17.5. The maximum Gasteiger partial charge on any atom is 0.442 e. The molecule has 1 aliphatic heterocycles. The van der Waals surface area contributed by atoms with Crippen LogP contribution in [-0.2, 0) is 12.2 Å². The van der Waals surface area contributed by atoms with Gasteiger partial charge in [-0.25, -0.2) is 0 Å². The fraction of sp³-hybridized carbons (Fsp3) is 0.333. The van der Waals surface area contributed by atoms with E-state index in [2.05, 4.69) is 14.6 Å². The number of rotatable bonds is 4. The van der Waals surface area contributed by atoms with Crippen LogP contribution < -0.4 is 0 Å². The average molecular weight is 354 g/mol. The van der Waals surface area contributed by atoms with Crippen molar-refractivity contribution in [1.82, 2.24) is 9.27 Å². The minimum Gasteiger partial charge on any atom is -0.337 e. The molecule has 5 nitrogen and oxygen atoms in total. The van der Waals surface area contributed by atoms with E-state index >= 15 is 0 Å². The van der Waals surface area contributed by atoms with E-state index in [1.165, 1.54) is 40.7 Å². The molecule has 0 aliphatic carbocycles. The molecule has 9 heteroatoms. The van der Waals surface area contributed by atoms with Crippen LogP contribution >= 0.6 is 11.5 Å². The van der Waals surface area contributed by atoms with Crippen molar-refractivity contribution >= 4 is 17.4 Å².